The van der Waals surface area contributed by atoms with Gasteiger partial charge in [-0.25, -0.2) is 9.37 Å². The van der Waals surface area contributed by atoms with Crippen LogP contribution in [0.15, 0.2) is 59.1 Å². The average molecular weight is 461 g/mol. The molecular weight excluding hydrogens is 443 g/mol. The first kappa shape index (κ1) is 20.8. The molecule has 0 radical (unpaired) electrons. The van der Waals surface area contributed by atoms with Crippen molar-refractivity contribution in [3.05, 3.63) is 76.3 Å². The molecule has 0 unspecified atom stereocenters. The van der Waals surface area contributed by atoms with Crippen molar-refractivity contribution in [3.8, 4) is 16.3 Å². The molecule has 0 atom stereocenters. The summed E-state index contributed by atoms with van der Waals surface area (Å²) in [6.07, 6.45) is 0. The molecule has 5 nitrogen and oxygen atoms in total. The molecule has 0 N–H and O–H groups in total. The van der Waals surface area contributed by atoms with E-state index < -0.39 is 5.82 Å². The Morgan fingerprint density at radius 1 is 1.17 bits per heavy atom. The van der Waals surface area contributed by atoms with E-state index in [1.165, 1.54) is 18.2 Å². The quantitative estimate of drug-likeness (QED) is 0.298. The van der Waals surface area contributed by atoms with E-state index in [0.29, 0.717) is 23.9 Å². The molecule has 0 amide bonds. The van der Waals surface area contributed by atoms with Gasteiger partial charge in [0.05, 0.1) is 10.7 Å². The molecule has 0 aliphatic heterocycles. The highest BCUT2D eigenvalue weighted by Gasteiger charge is 2.14. The zero-order valence-electron chi connectivity index (χ0n) is 16.1. The molecule has 0 spiro atoms. The molecule has 0 saturated heterocycles. The van der Waals surface area contributed by atoms with Crippen molar-refractivity contribution in [2.75, 3.05) is 0 Å². The average Bonchev–Trinajstić information content (AvgIpc) is 3.39. The van der Waals surface area contributed by atoms with Gasteiger partial charge < -0.3 is 9.30 Å². The van der Waals surface area contributed by atoms with Gasteiger partial charge in [-0.2, -0.15) is 0 Å². The highest BCUT2D eigenvalue weighted by atomic mass is 35.5. The summed E-state index contributed by atoms with van der Waals surface area (Å²) in [7, 11) is 0. The van der Waals surface area contributed by atoms with Gasteiger partial charge in [-0.15, -0.1) is 21.5 Å². The minimum atomic E-state index is -0.403. The van der Waals surface area contributed by atoms with Crippen LogP contribution in [0.3, 0.4) is 0 Å². The fraction of sp³-hybridized carbons (Fsp3) is 0.190. The standard InChI is InChI=1S/C21H18ClFN4OS2/c1-2-27-19(11-28-18-9-8-15(23)10-17(18)22)25-26-21(27)30-13-16-12-29-20(24-16)14-6-4-3-5-7-14/h3-10,12H,2,11,13H2,1H3. The van der Waals surface area contributed by atoms with Crippen molar-refractivity contribution in [2.24, 2.45) is 0 Å². The van der Waals surface area contributed by atoms with Gasteiger partial charge in [-0.3, -0.25) is 0 Å². The lowest BCUT2D eigenvalue weighted by Crippen LogP contribution is -2.07. The number of thiazole rings is 1. The molecule has 0 aliphatic rings. The summed E-state index contributed by atoms with van der Waals surface area (Å²) in [6.45, 7) is 2.93. The number of hydrogen-bond donors (Lipinski definition) is 0. The van der Waals surface area contributed by atoms with Gasteiger partial charge >= 0.3 is 0 Å². The Labute approximate surface area is 186 Å². The Bertz CT molecular complexity index is 1130. The van der Waals surface area contributed by atoms with Crippen LogP contribution in [0, 0.1) is 5.82 Å². The number of nitrogens with zero attached hydrogens (tertiary/aromatic N) is 4. The predicted octanol–water partition coefficient (Wildman–Crippen LogP) is 6.09. The van der Waals surface area contributed by atoms with Crippen LogP contribution in [0.4, 0.5) is 4.39 Å². The third-order valence-electron chi connectivity index (χ3n) is 4.28. The van der Waals surface area contributed by atoms with Crippen LogP contribution in [-0.4, -0.2) is 19.7 Å². The third kappa shape index (κ3) is 4.83. The molecule has 0 saturated carbocycles. The van der Waals surface area contributed by atoms with E-state index >= 15 is 0 Å². The lowest BCUT2D eigenvalue weighted by atomic mass is 10.2. The maximum atomic E-state index is 13.2. The molecule has 154 valence electrons. The molecule has 0 fully saturated rings. The molecule has 4 aromatic rings. The number of aromatic nitrogens is 4. The number of hydrogen-bond acceptors (Lipinski definition) is 6. The normalized spacial score (nSPS) is 11.0. The second kappa shape index (κ2) is 9.59. The lowest BCUT2D eigenvalue weighted by molar-refractivity contribution is 0.288. The fourth-order valence-corrected chi connectivity index (χ4v) is 4.88. The first-order valence-corrected chi connectivity index (χ1v) is 11.5. The molecule has 2 aromatic heterocycles. The van der Waals surface area contributed by atoms with Gasteiger partial charge in [-0.05, 0) is 25.1 Å². The van der Waals surface area contributed by atoms with Crippen molar-refractivity contribution in [1.82, 2.24) is 19.7 Å². The van der Waals surface area contributed by atoms with Crippen LogP contribution in [0.25, 0.3) is 10.6 Å². The number of ether oxygens (including phenoxy) is 1. The molecule has 0 aliphatic carbocycles. The van der Waals surface area contributed by atoms with Gasteiger partial charge in [-0.1, -0.05) is 53.7 Å². The van der Waals surface area contributed by atoms with E-state index in [4.69, 9.17) is 21.3 Å². The maximum absolute atomic E-state index is 13.2. The Kier molecular flexibility index (Phi) is 6.66. The van der Waals surface area contributed by atoms with Crippen LogP contribution < -0.4 is 4.74 Å². The number of thioether (sulfide) groups is 1. The van der Waals surface area contributed by atoms with Crippen molar-refractivity contribution in [3.63, 3.8) is 0 Å². The minimum absolute atomic E-state index is 0.196. The Hall–Kier alpha value is -2.42. The number of rotatable bonds is 8. The van der Waals surface area contributed by atoms with E-state index in [0.717, 1.165) is 21.4 Å². The second-order valence-corrected chi connectivity index (χ2v) is 8.51. The number of benzene rings is 2. The van der Waals surface area contributed by atoms with Crippen LogP contribution in [0.2, 0.25) is 5.02 Å². The maximum Gasteiger partial charge on any atom is 0.191 e. The van der Waals surface area contributed by atoms with Gasteiger partial charge in [0.25, 0.3) is 0 Å². The van der Waals surface area contributed by atoms with Crippen molar-refractivity contribution >= 4 is 34.7 Å². The molecule has 0 bridgehead atoms. The van der Waals surface area contributed by atoms with Gasteiger partial charge in [0, 0.05) is 23.2 Å². The molecular formula is C21H18ClFN4OS2. The van der Waals surface area contributed by atoms with Crippen molar-refractivity contribution < 1.29 is 9.13 Å². The molecule has 30 heavy (non-hydrogen) atoms. The van der Waals surface area contributed by atoms with E-state index in [9.17, 15) is 4.39 Å². The van der Waals surface area contributed by atoms with Gasteiger partial charge in [0.2, 0.25) is 0 Å². The van der Waals surface area contributed by atoms with Crippen LogP contribution in [0.1, 0.15) is 18.4 Å². The first-order valence-electron chi connectivity index (χ1n) is 9.26. The van der Waals surface area contributed by atoms with E-state index in [1.54, 1.807) is 23.1 Å². The van der Waals surface area contributed by atoms with Gasteiger partial charge in [0.1, 0.15) is 23.2 Å². The monoisotopic (exact) mass is 460 g/mol. The minimum Gasteiger partial charge on any atom is -0.484 e. The zero-order chi connectivity index (χ0) is 20.9. The van der Waals surface area contributed by atoms with Crippen molar-refractivity contribution in [2.45, 2.75) is 31.0 Å². The SMILES string of the molecule is CCn1c(COc2ccc(F)cc2Cl)nnc1SCc1csc(-c2ccccc2)n1. The molecule has 2 aromatic carbocycles. The number of halogens is 2. The summed E-state index contributed by atoms with van der Waals surface area (Å²) in [5, 5.41) is 12.6. The zero-order valence-corrected chi connectivity index (χ0v) is 18.5. The molecule has 4 rings (SSSR count). The fourth-order valence-electron chi connectivity index (χ4n) is 2.81. The Morgan fingerprint density at radius 3 is 2.77 bits per heavy atom. The van der Waals surface area contributed by atoms with Crippen LogP contribution >= 0.6 is 34.7 Å². The van der Waals surface area contributed by atoms with Crippen LogP contribution in [-0.2, 0) is 18.9 Å². The second-order valence-electron chi connectivity index (χ2n) is 6.31. The summed E-state index contributed by atoms with van der Waals surface area (Å²) < 4.78 is 20.9. The smallest absolute Gasteiger partial charge is 0.191 e. The third-order valence-corrected chi connectivity index (χ3v) is 6.52. The molecule has 9 heteroatoms. The summed E-state index contributed by atoms with van der Waals surface area (Å²) in [4.78, 5) is 4.72. The Morgan fingerprint density at radius 2 is 2.00 bits per heavy atom. The van der Waals surface area contributed by atoms with Crippen molar-refractivity contribution in [1.29, 1.82) is 0 Å². The highest BCUT2D eigenvalue weighted by molar-refractivity contribution is 7.98. The summed E-state index contributed by atoms with van der Waals surface area (Å²) in [5.74, 6) is 1.39. The highest BCUT2D eigenvalue weighted by Crippen LogP contribution is 2.29. The summed E-state index contributed by atoms with van der Waals surface area (Å²) in [5.41, 5.74) is 2.12. The summed E-state index contributed by atoms with van der Waals surface area (Å²) >= 11 is 9.24. The van der Waals surface area contributed by atoms with Gasteiger partial charge in [0.15, 0.2) is 11.0 Å². The van der Waals surface area contributed by atoms with E-state index in [-0.39, 0.29) is 11.6 Å². The first-order chi connectivity index (χ1) is 14.6. The predicted molar refractivity (Wildman–Crippen MR) is 119 cm³/mol. The van der Waals surface area contributed by atoms with Crippen LogP contribution in [0.5, 0.6) is 5.75 Å². The molecule has 2 heterocycles. The van der Waals surface area contributed by atoms with E-state index in [2.05, 4.69) is 27.7 Å². The lowest BCUT2D eigenvalue weighted by Gasteiger charge is -2.09. The Balaban J connectivity index is 1.41. The van der Waals surface area contributed by atoms with E-state index in [1.807, 2.05) is 29.7 Å². The summed E-state index contributed by atoms with van der Waals surface area (Å²) in [6, 6.07) is 14.2. The topological polar surface area (TPSA) is 52.8 Å². The largest absolute Gasteiger partial charge is 0.484 e.